The molecule has 0 fully saturated rings. The van der Waals surface area contributed by atoms with E-state index in [1.807, 2.05) is 45.0 Å². The van der Waals surface area contributed by atoms with Gasteiger partial charge in [-0.2, -0.15) is 5.26 Å². The van der Waals surface area contributed by atoms with Gasteiger partial charge in [-0.15, -0.1) is 0 Å². The molecule has 3 aromatic rings. The second kappa shape index (κ2) is 12.1. The van der Waals surface area contributed by atoms with Crippen LogP contribution in [0.5, 0.6) is 11.5 Å². The molecule has 35 heavy (non-hydrogen) atoms. The molecule has 0 aromatic heterocycles. The van der Waals surface area contributed by atoms with Crippen molar-refractivity contribution in [3.05, 3.63) is 90.9 Å². The fourth-order valence-electron chi connectivity index (χ4n) is 3.37. The first-order valence-electron chi connectivity index (χ1n) is 10.8. The molecule has 0 atom stereocenters. The highest BCUT2D eigenvalue weighted by Gasteiger charge is 2.16. The second-order valence-electron chi connectivity index (χ2n) is 7.68. The molecule has 0 unspecified atom stereocenters. The van der Waals surface area contributed by atoms with E-state index in [1.165, 1.54) is 6.08 Å². The lowest BCUT2D eigenvalue weighted by Crippen LogP contribution is -2.15. The molecule has 0 aliphatic carbocycles. The normalized spacial score (nSPS) is 11.1. The van der Waals surface area contributed by atoms with E-state index in [-0.39, 0.29) is 12.2 Å². The van der Waals surface area contributed by atoms with Crippen LogP contribution in [0, 0.1) is 25.2 Å². The van der Waals surface area contributed by atoms with Gasteiger partial charge < -0.3 is 14.8 Å². The number of carbonyl (C=O) groups is 1. The van der Waals surface area contributed by atoms with Crippen LogP contribution in [-0.2, 0) is 11.4 Å². The Morgan fingerprint density at radius 3 is 2.46 bits per heavy atom. The maximum absolute atomic E-state index is 12.8. The topological polar surface area (TPSA) is 71.3 Å². The third kappa shape index (κ3) is 6.79. The summed E-state index contributed by atoms with van der Waals surface area (Å²) in [4.78, 5) is 12.8. The van der Waals surface area contributed by atoms with Gasteiger partial charge in [-0.1, -0.05) is 47.5 Å². The van der Waals surface area contributed by atoms with Crippen LogP contribution in [0.2, 0.25) is 10.0 Å². The quantitative estimate of drug-likeness (QED) is 0.219. The standard InChI is InChI=1S/C27H23BrCl2N2O3/c1-4-34-24-12-18(10-20(14-31)27(33)32-25-16(2)6-5-7-17(25)3)11-22(28)26(24)35-15-19-8-9-21(29)13-23(19)30/h5-13H,4,15H2,1-3H3,(H,32,33)/b20-10-. The van der Waals surface area contributed by atoms with E-state index in [1.54, 1.807) is 30.3 Å². The lowest BCUT2D eigenvalue weighted by molar-refractivity contribution is -0.112. The molecule has 5 nitrogen and oxygen atoms in total. The number of halogens is 3. The number of nitrogens with zero attached hydrogens (tertiary/aromatic N) is 1. The van der Waals surface area contributed by atoms with Gasteiger partial charge in [0.1, 0.15) is 18.2 Å². The predicted molar refractivity (Wildman–Crippen MR) is 144 cm³/mol. The van der Waals surface area contributed by atoms with E-state index in [0.29, 0.717) is 43.9 Å². The minimum absolute atomic E-state index is 0.0383. The molecule has 1 amide bonds. The van der Waals surface area contributed by atoms with Crippen LogP contribution in [0.15, 0.2) is 58.6 Å². The Morgan fingerprint density at radius 1 is 1.11 bits per heavy atom. The van der Waals surface area contributed by atoms with E-state index in [4.69, 9.17) is 32.7 Å². The minimum Gasteiger partial charge on any atom is -0.490 e. The highest BCUT2D eigenvalue weighted by atomic mass is 79.9. The van der Waals surface area contributed by atoms with Gasteiger partial charge in [-0.05, 0) is 83.7 Å². The van der Waals surface area contributed by atoms with Crippen molar-refractivity contribution in [3.63, 3.8) is 0 Å². The lowest BCUT2D eigenvalue weighted by Gasteiger charge is -2.15. The number of rotatable bonds is 8. The van der Waals surface area contributed by atoms with Crippen LogP contribution < -0.4 is 14.8 Å². The lowest BCUT2D eigenvalue weighted by atomic mass is 10.1. The zero-order valence-electron chi connectivity index (χ0n) is 19.4. The number of nitriles is 1. The maximum Gasteiger partial charge on any atom is 0.266 e. The number of anilines is 1. The summed E-state index contributed by atoms with van der Waals surface area (Å²) in [7, 11) is 0. The van der Waals surface area contributed by atoms with E-state index < -0.39 is 5.91 Å². The molecular weight excluding hydrogens is 551 g/mol. The van der Waals surface area contributed by atoms with Crippen molar-refractivity contribution in [3.8, 4) is 17.6 Å². The van der Waals surface area contributed by atoms with Gasteiger partial charge in [0.25, 0.3) is 5.91 Å². The zero-order valence-corrected chi connectivity index (χ0v) is 22.5. The molecule has 3 rings (SSSR count). The summed E-state index contributed by atoms with van der Waals surface area (Å²) in [5, 5.41) is 13.5. The highest BCUT2D eigenvalue weighted by molar-refractivity contribution is 9.10. The maximum atomic E-state index is 12.8. The van der Waals surface area contributed by atoms with Crippen molar-refractivity contribution in [2.75, 3.05) is 11.9 Å². The molecule has 0 saturated heterocycles. The molecule has 0 spiro atoms. The molecule has 0 radical (unpaired) electrons. The second-order valence-corrected chi connectivity index (χ2v) is 9.38. The number of amides is 1. The van der Waals surface area contributed by atoms with Crippen LogP contribution in [-0.4, -0.2) is 12.5 Å². The summed E-state index contributed by atoms with van der Waals surface area (Å²) in [6.07, 6.45) is 1.51. The first-order valence-corrected chi connectivity index (χ1v) is 12.3. The number of aryl methyl sites for hydroxylation is 2. The largest absolute Gasteiger partial charge is 0.490 e. The molecular formula is C27H23BrCl2N2O3. The van der Waals surface area contributed by atoms with E-state index in [9.17, 15) is 10.1 Å². The summed E-state index contributed by atoms with van der Waals surface area (Å²) in [5.41, 5.74) is 3.86. The Kier molecular flexibility index (Phi) is 9.22. The van der Waals surface area contributed by atoms with Crippen LogP contribution in [0.1, 0.15) is 29.2 Å². The average Bonchev–Trinajstić information content (AvgIpc) is 2.80. The number of benzene rings is 3. The van der Waals surface area contributed by atoms with Crippen molar-refractivity contribution in [1.29, 1.82) is 5.26 Å². The molecule has 0 aliphatic heterocycles. The van der Waals surface area contributed by atoms with Crippen molar-refractivity contribution >= 4 is 56.8 Å². The number of carbonyl (C=O) groups excluding carboxylic acids is 1. The number of hydrogen-bond donors (Lipinski definition) is 1. The molecule has 8 heteroatoms. The third-order valence-corrected chi connectivity index (χ3v) is 6.29. The average molecular weight is 574 g/mol. The van der Waals surface area contributed by atoms with Gasteiger partial charge in [0, 0.05) is 21.3 Å². The van der Waals surface area contributed by atoms with Gasteiger partial charge in [0.2, 0.25) is 0 Å². The fraction of sp³-hybridized carbons (Fsp3) is 0.185. The van der Waals surface area contributed by atoms with Crippen LogP contribution in [0.4, 0.5) is 5.69 Å². The SMILES string of the molecule is CCOc1cc(/C=C(/C#N)C(=O)Nc2c(C)cccc2C)cc(Br)c1OCc1ccc(Cl)cc1Cl. The van der Waals surface area contributed by atoms with Gasteiger partial charge in [-0.3, -0.25) is 4.79 Å². The molecule has 0 saturated carbocycles. The van der Waals surface area contributed by atoms with E-state index in [2.05, 4.69) is 21.2 Å². The summed E-state index contributed by atoms with van der Waals surface area (Å²) < 4.78 is 12.4. The van der Waals surface area contributed by atoms with Crippen molar-refractivity contribution < 1.29 is 14.3 Å². The summed E-state index contributed by atoms with van der Waals surface area (Å²) in [6.45, 7) is 6.26. The summed E-state index contributed by atoms with van der Waals surface area (Å²) in [5.74, 6) is 0.454. The Balaban J connectivity index is 1.88. The molecule has 1 N–H and O–H groups in total. The number of ether oxygens (including phenoxy) is 2. The van der Waals surface area contributed by atoms with Crippen molar-refractivity contribution in [2.45, 2.75) is 27.4 Å². The Labute approximate surface area is 223 Å². The van der Waals surface area contributed by atoms with Crippen LogP contribution in [0.25, 0.3) is 6.08 Å². The minimum atomic E-state index is -0.489. The summed E-state index contributed by atoms with van der Waals surface area (Å²) >= 11 is 15.7. The first kappa shape index (κ1) is 26.6. The monoisotopic (exact) mass is 572 g/mol. The predicted octanol–water partition coefficient (Wildman–Crippen LogP) is 7.90. The number of para-hydroxylation sites is 1. The van der Waals surface area contributed by atoms with Gasteiger partial charge in [0.05, 0.1) is 11.1 Å². The number of hydrogen-bond acceptors (Lipinski definition) is 4. The molecule has 3 aromatic carbocycles. The fourth-order valence-corrected chi connectivity index (χ4v) is 4.41. The third-order valence-electron chi connectivity index (χ3n) is 5.11. The van der Waals surface area contributed by atoms with Gasteiger partial charge in [0.15, 0.2) is 11.5 Å². The molecule has 0 aliphatic rings. The Hall–Kier alpha value is -2.98. The Bertz CT molecular complexity index is 1310. The van der Waals surface area contributed by atoms with Gasteiger partial charge in [-0.25, -0.2) is 0 Å². The smallest absolute Gasteiger partial charge is 0.266 e. The molecule has 180 valence electrons. The first-order chi connectivity index (χ1) is 16.7. The van der Waals surface area contributed by atoms with Crippen LogP contribution in [0.3, 0.4) is 0 Å². The van der Waals surface area contributed by atoms with E-state index in [0.717, 1.165) is 16.7 Å². The molecule has 0 heterocycles. The Morgan fingerprint density at radius 2 is 1.83 bits per heavy atom. The van der Waals surface area contributed by atoms with Crippen molar-refractivity contribution in [1.82, 2.24) is 0 Å². The highest BCUT2D eigenvalue weighted by Crippen LogP contribution is 2.38. The number of nitrogens with one attached hydrogen (secondary N) is 1. The zero-order chi connectivity index (χ0) is 25.5. The van der Waals surface area contributed by atoms with Gasteiger partial charge >= 0.3 is 0 Å². The summed E-state index contributed by atoms with van der Waals surface area (Å²) in [6, 6.07) is 16.4. The van der Waals surface area contributed by atoms with Crippen LogP contribution >= 0.6 is 39.1 Å². The van der Waals surface area contributed by atoms with E-state index >= 15 is 0 Å². The van der Waals surface area contributed by atoms with Crippen molar-refractivity contribution in [2.24, 2.45) is 0 Å². The molecule has 0 bridgehead atoms.